The average Bonchev–Trinajstić information content (AvgIpc) is 3.03. The molecule has 0 amide bonds. The van der Waals surface area contributed by atoms with Gasteiger partial charge >= 0.3 is 0 Å². The van der Waals surface area contributed by atoms with Gasteiger partial charge in [-0.15, -0.1) is 0 Å². The van der Waals surface area contributed by atoms with Crippen LogP contribution in [0, 0.1) is 6.92 Å². The minimum atomic E-state index is 0.0837. The number of hydrogen-bond donors (Lipinski definition) is 1. The Balaban J connectivity index is 1.92. The molecular formula is C20H24N4O. The van der Waals surface area contributed by atoms with Crippen molar-refractivity contribution in [3.05, 3.63) is 52.8 Å². The Kier molecular flexibility index (Phi) is 3.96. The first-order chi connectivity index (χ1) is 12.1. The number of anilines is 2. The minimum Gasteiger partial charge on any atom is -0.373 e. The molecular weight excluding hydrogens is 312 g/mol. The highest BCUT2D eigenvalue weighted by Gasteiger charge is 2.22. The van der Waals surface area contributed by atoms with E-state index in [-0.39, 0.29) is 12.0 Å². The quantitative estimate of drug-likeness (QED) is 0.717. The lowest BCUT2D eigenvalue weighted by Gasteiger charge is -2.22. The largest absolute Gasteiger partial charge is 0.373 e. The number of rotatable bonds is 1. The molecule has 1 aliphatic heterocycles. The van der Waals surface area contributed by atoms with Gasteiger partial charge in [-0.3, -0.25) is 0 Å². The van der Waals surface area contributed by atoms with Crippen LogP contribution in [0.4, 0.5) is 11.5 Å². The van der Waals surface area contributed by atoms with Gasteiger partial charge in [0.1, 0.15) is 5.82 Å². The Hall–Kier alpha value is -2.40. The molecule has 0 fully saturated rings. The number of nitrogens with one attached hydrogen (secondary N) is 1. The number of fused-ring (bicyclic) bond motifs is 3. The Labute approximate surface area is 148 Å². The maximum absolute atomic E-state index is 6.15. The predicted octanol–water partition coefficient (Wildman–Crippen LogP) is 4.37. The molecule has 5 nitrogen and oxygen atoms in total. The van der Waals surface area contributed by atoms with Crippen LogP contribution in [0.3, 0.4) is 0 Å². The van der Waals surface area contributed by atoms with Crippen molar-refractivity contribution in [2.24, 2.45) is 0 Å². The molecule has 1 aromatic carbocycles. The van der Waals surface area contributed by atoms with Crippen LogP contribution in [-0.4, -0.2) is 20.7 Å². The van der Waals surface area contributed by atoms with E-state index >= 15 is 0 Å². The van der Waals surface area contributed by atoms with Gasteiger partial charge in [0.2, 0.25) is 0 Å². The molecule has 0 saturated heterocycles. The van der Waals surface area contributed by atoms with Gasteiger partial charge in [0.25, 0.3) is 0 Å². The van der Waals surface area contributed by atoms with Crippen molar-refractivity contribution < 1.29 is 4.74 Å². The van der Waals surface area contributed by atoms with Crippen molar-refractivity contribution in [1.29, 1.82) is 0 Å². The van der Waals surface area contributed by atoms with E-state index in [1.807, 2.05) is 16.8 Å². The minimum absolute atomic E-state index is 0.0837. The molecule has 4 rings (SSSR count). The Morgan fingerprint density at radius 3 is 2.92 bits per heavy atom. The molecule has 0 saturated carbocycles. The van der Waals surface area contributed by atoms with Gasteiger partial charge in [0.15, 0.2) is 5.65 Å². The molecule has 5 heteroatoms. The van der Waals surface area contributed by atoms with Gasteiger partial charge in [-0.25, -0.2) is 9.50 Å². The maximum Gasteiger partial charge on any atom is 0.161 e. The summed E-state index contributed by atoms with van der Waals surface area (Å²) in [6.07, 6.45) is 2.97. The van der Waals surface area contributed by atoms with Crippen LogP contribution in [0.15, 0.2) is 30.5 Å². The molecule has 4 bridgehead atoms. The number of aromatic nitrogens is 3. The first-order valence-corrected chi connectivity index (χ1v) is 8.92. The van der Waals surface area contributed by atoms with Gasteiger partial charge in [-0.05, 0) is 37.5 Å². The van der Waals surface area contributed by atoms with E-state index in [9.17, 15) is 0 Å². The van der Waals surface area contributed by atoms with Crippen molar-refractivity contribution >= 4 is 17.2 Å². The SMILES string of the molecule is CCc1ccc2cc1Nc1cc(C)n3ncc(c3n1)C(C)C(C)OC2. The molecule has 2 atom stereocenters. The van der Waals surface area contributed by atoms with E-state index < -0.39 is 0 Å². The van der Waals surface area contributed by atoms with Crippen LogP contribution in [0.2, 0.25) is 0 Å². The number of ether oxygens (including phenoxy) is 1. The van der Waals surface area contributed by atoms with Crippen molar-refractivity contribution in [2.45, 2.75) is 52.7 Å². The van der Waals surface area contributed by atoms with Gasteiger partial charge in [-0.2, -0.15) is 5.10 Å². The first-order valence-electron chi connectivity index (χ1n) is 8.92. The fourth-order valence-corrected chi connectivity index (χ4v) is 3.42. The lowest BCUT2D eigenvalue weighted by atomic mass is 9.98. The second kappa shape index (κ2) is 6.15. The Bertz CT molecular complexity index is 931. The van der Waals surface area contributed by atoms with Crippen molar-refractivity contribution in [3.63, 3.8) is 0 Å². The molecule has 0 radical (unpaired) electrons. The summed E-state index contributed by atoms with van der Waals surface area (Å²) in [6.45, 7) is 9.13. The number of benzene rings is 1. The normalized spacial score (nSPS) is 20.2. The zero-order valence-corrected chi connectivity index (χ0v) is 15.2. The summed E-state index contributed by atoms with van der Waals surface area (Å²) >= 11 is 0. The molecule has 1 aliphatic rings. The number of nitrogens with zero attached hydrogens (tertiary/aromatic N) is 3. The van der Waals surface area contributed by atoms with Crippen molar-refractivity contribution in [1.82, 2.24) is 14.6 Å². The van der Waals surface area contributed by atoms with E-state index in [0.717, 1.165) is 34.8 Å². The van der Waals surface area contributed by atoms with E-state index in [1.54, 1.807) is 0 Å². The summed E-state index contributed by atoms with van der Waals surface area (Å²) in [4.78, 5) is 4.86. The standard InChI is InChI=1S/C20H24N4O/c1-5-16-7-6-15-9-18(16)22-19-8-12(2)24-20(23-19)17(10-21-24)13(3)14(4)25-11-15/h6-10,13-14H,5,11H2,1-4H3,(H,22,23). The van der Waals surface area contributed by atoms with Crippen molar-refractivity contribution in [3.8, 4) is 0 Å². The van der Waals surface area contributed by atoms with Crippen LogP contribution < -0.4 is 5.32 Å². The highest BCUT2D eigenvalue weighted by Crippen LogP contribution is 2.30. The maximum atomic E-state index is 6.15. The summed E-state index contributed by atoms with van der Waals surface area (Å²) in [5, 5.41) is 8.04. The Morgan fingerprint density at radius 1 is 1.28 bits per heavy atom. The highest BCUT2D eigenvalue weighted by atomic mass is 16.5. The van der Waals surface area contributed by atoms with E-state index in [1.165, 1.54) is 11.1 Å². The summed E-state index contributed by atoms with van der Waals surface area (Å²) in [6, 6.07) is 8.56. The summed E-state index contributed by atoms with van der Waals surface area (Å²) in [5.41, 5.74) is 6.63. The second-order valence-electron chi connectivity index (χ2n) is 6.89. The summed E-state index contributed by atoms with van der Waals surface area (Å²) in [5.74, 6) is 1.08. The molecule has 0 aliphatic carbocycles. The molecule has 2 aromatic heterocycles. The van der Waals surface area contributed by atoms with Gasteiger partial charge < -0.3 is 10.1 Å². The zero-order chi connectivity index (χ0) is 17.6. The molecule has 3 aromatic rings. The van der Waals surface area contributed by atoms with Gasteiger partial charge in [-0.1, -0.05) is 26.0 Å². The van der Waals surface area contributed by atoms with E-state index in [4.69, 9.17) is 9.72 Å². The average molecular weight is 336 g/mol. The predicted molar refractivity (Wildman–Crippen MR) is 99.5 cm³/mol. The summed E-state index contributed by atoms with van der Waals surface area (Å²) in [7, 11) is 0. The van der Waals surface area contributed by atoms with E-state index in [2.05, 4.69) is 56.3 Å². The monoisotopic (exact) mass is 336 g/mol. The third kappa shape index (κ3) is 2.78. The van der Waals surface area contributed by atoms with Crippen molar-refractivity contribution in [2.75, 3.05) is 5.32 Å². The second-order valence-corrected chi connectivity index (χ2v) is 6.89. The Morgan fingerprint density at radius 2 is 2.12 bits per heavy atom. The van der Waals surface area contributed by atoms with E-state index in [0.29, 0.717) is 6.61 Å². The third-order valence-electron chi connectivity index (χ3n) is 5.20. The summed E-state index contributed by atoms with van der Waals surface area (Å²) < 4.78 is 8.06. The molecule has 0 spiro atoms. The molecule has 1 N–H and O–H groups in total. The smallest absolute Gasteiger partial charge is 0.161 e. The highest BCUT2D eigenvalue weighted by molar-refractivity contribution is 5.64. The first kappa shape index (κ1) is 16.1. The zero-order valence-electron chi connectivity index (χ0n) is 15.2. The number of hydrogen-bond acceptors (Lipinski definition) is 4. The topological polar surface area (TPSA) is 51.5 Å². The number of aryl methyl sites for hydroxylation is 2. The lowest BCUT2D eigenvalue weighted by Crippen LogP contribution is -2.17. The molecule has 25 heavy (non-hydrogen) atoms. The van der Waals surface area contributed by atoms with Crippen LogP contribution in [-0.2, 0) is 17.8 Å². The molecule has 3 heterocycles. The van der Waals surface area contributed by atoms with Crippen LogP contribution in [0.5, 0.6) is 0 Å². The van der Waals surface area contributed by atoms with Gasteiger partial charge in [0.05, 0.1) is 18.9 Å². The molecule has 2 unspecified atom stereocenters. The fourth-order valence-electron chi connectivity index (χ4n) is 3.42. The third-order valence-corrected chi connectivity index (χ3v) is 5.20. The van der Waals surface area contributed by atoms with Crippen LogP contribution in [0.1, 0.15) is 49.1 Å². The lowest BCUT2D eigenvalue weighted by molar-refractivity contribution is 0.0385. The van der Waals surface area contributed by atoms with Crippen LogP contribution in [0.25, 0.3) is 5.65 Å². The fraction of sp³-hybridized carbons (Fsp3) is 0.400. The van der Waals surface area contributed by atoms with Gasteiger partial charge in [0, 0.05) is 28.9 Å². The van der Waals surface area contributed by atoms with Crippen LogP contribution >= 0.6 is 0 Å². The molecule has 130 valence electrons.